The van der Waals surface area contributed by atoms with Crippen LogP contribution >= 0.6 is 15.9 Å². The van der Waals surface area contributed by atoms with Gasteiger partial charge in [-0.1, -0.05) is 15.9 Å². The van der Waals surface area contributed by atoms with E-state index in [1.807, 2.05) is 19.1 Å². The van der Waals surface area contributed by atoms with Crippen LogP contribution in [0, 0.1) is 11.8 Å². The maximum absolute atomic E-state index is 5.68. The van der Waals surface area contributed by atoms with Crippen molar-refractivity contribution in [3.05, 3.63) is 28.2 Å². The summed E-state index contributed by atoms with van der Waals surface area (Å²) in [5.74, 6) is 6.78. The summed E-state index contributed by atoms with van der Waals surface area (Å²) < 4.78 is 6.81. The molecule has 0 aromatic heterocycles. The number of hydrogen-bond acceptors (Lipinski definition) is 2. The predicted molar refractivity (Wildman–Crippen MR) is 77.6 cm³/mol. The first-order valence-electron chi connectivity index (χ1n) is 6.34. The molecule has 0 aliphatic heterocycles. The number of halogens is 1. The number of hydrogen-bond donors (Lipinski definition) is 1. The van der Waals surface area contributed by atoms with Gasteiger partial charge in [0.1, 0.15) is 5.75 Å². The lowest BCUT2D eigenvalue weighted by Crippen LogP contribution is -2.15. The Kier molecular flexibility index (Phi) is 5.10. The fourth-order valence-corrected chi connectivity index (χ4v) is 2.05. The summed E-state index contributed by atoms with van der Waals surface area (Å²) in [6.07, 6.45) is 3.40. The normalized spacial score (nSPS) is 13.9. The smallest absolute Gasteiger partial charge is 0.119 e. The van der Waals surface area contributed by atoms with E-state index < -0.39 is 0 Å². The monoisotopic (exact) mass is 307 g/mol. The zero-order valence-corrected chi connectivity index (χ0v) is 12.2. The largest absolute Gasteiger partial charge is 0.493 e. The van der Waals surface area contributed by atoms with Crippen LogP contribution < -0.4 is 10.1 Å². The maximum atomic E-state index is 5.68. The Morgan fingerprint density at radius 1 is 1.44 bits per heavy atom. The highest BCUT2D eigenvalue weighted by molar-refractivity contribution is 9.10. The van der Waals surface area contributed by atoms with Crippen molar-refractivity contribution in [2.24, 2.45) is 0 Å². The van der Waals surface area contributed by atoms with Gasteiger partial charge in [-0.05, 0) is 43.5 Å². The van der Waals surface area contributed by atoms with Gasteiger partial charge in [-0.15, -0.1) is 11.8 Å². The Morgan fingerprint density at radius 2 is 2.28 bits per heavy atom. The van der Waals surface area contributed by atoms with Gasteiger partial charge in [0.15, 0.2) is 0 Å². The highest BCUT2D eigenvalue weighted by atomic mass is 79.9. The molecule has 0 saturated heterocycles. The lowest BCUT2D eigenvalue weighted by atomic mass is 10.2. The minimum atomic E-state index is 0.651. The van der Waals surface area contributed by atoms with Crippen LogP contribution in [0.15, 0.2) is 22.7 Å². The van der Waals surface area contributed by atoms with Crippen molar-refractivity contribution in [1.29, 1.82) is 0 Å². The van der Waals surface area contributed by atoms with E-state index in [1.54, 1.807) is 0 Å². The third-order valence-corrected chi connectivity index (χ3v) is 3.62. The molecule has 3 heteroatoms. The van der Waals surface area contributed by atoms with E-state index in [4.69, 9.17) is 4.74 Å². The first kappa shape index (κ1) is 13.5. The summed E-state index contributed by atoms with van der Waals surface area (Å²) in [6.45, 7) is 3.40. The van der Waals surface area contributed by atoms with Crippen molar-refractivity contribution >= 4 is 15.9 Å². The molecule has 0 atom stereocenters. The molecule has 1 aliphatic carbocycles. The minimum absolute atomic E-state index is 0.651. The lowest BCUT2D eigenvalue weighted by molar-refractivity contribution is 0.326. The van der Waals surface area contributed by atoms with E-state index >= 15 is 0 Å². The second-order valence-corrected chi connectivity index (χ2v) is 5.29. The molecule has 1 aliphatic rings. The Balaban J connectivity index is 1.88. The standard InChI is InChI=1S/C15H18BrNO/c1-2-3-4-9-18-14-7-8-15(16)12(10-14)11-17-13-5-6-13/h7-8,10,13,17H,4-6,9,11H2,1H3. The van der Waals surface area contributed by atoms with Gasteiger partial charge >= 0.3 is 0 Å². The van der Waals surface area contributed by atoms with Crippen molar-refractivity contribution in [1.82, 2.24) is 5.32 Å². The summed E-state index contributed by atoms with van der Waals surface area (Å²) in [7, 11) is 0. The molecule has 96 valence electrons. The fourth-order valence-electron chi connectivity index (χ4n) is 1.66. The molecule has 2 rings (SSSR count). The second kappa shape index (κ2) is 6.82. The highest BCUT2D eigenvalue weighted by Gasteiger charge is 2.20. The summed E-state index contributed by atoms with van der Waals surface area (Å²) in [6, 6.07) is 6.86. The van der Waals surface area contributed by atoms with Crippen LogP contribution in [0.1, 0.15) is 31.7 Å². The van der Waals surface area contributed by atoms with Crippen molar-refractivity contribution in [2.75, 3.05) is 6.61 Å². The van der Waals surface area contributed by atoms with Crippen LogP contribution in [0.4, 0.5) is 0 Å². The molecular formula is C15H18BrNO. The van der Waals surface area contributed by atoms with Crippen LogP contribution in [0.25, 0.3) is 0 Å². The molecule has 1 fully saturated rings. The van der Waals surface area contributed by atoms with Gasteiger partial charge in [-0.3, -0.25) is 0 Å². The van der Waals surface area contributed by atoms with E-state index in [-0.39, 0.29) is 0 Å². The Labute approximate surface area is 117 Å². The summed E-state index contributed by atoms with van der Waals surface area (Å²) in [4.78, 5) is 0. The van der Waals surface area contributed by atoms with Gasteiger partial charge in [0.05, 0.1) is 6.61 Å². The molecular weight excluding hydrogens is 290 g/mol. The molecule has 1 aromatic rings. The van der Waals surface area contributed by atoms with E-state index in [0.717, 1.165) is 29.2 Å². The molecule has 0 unspecified atom stereocenters. The topological polar surface area (TPSA) is 21.3 Å². The van der Waals surface area contributed by atoms with Crippen LogP contribution in [-0.2, 0) is 6.54 Å². The van der Waals surface area contributed by atoms with E-state index in [9.17, 15) is 0 Å². The third kappa shape index (κ3) is 4.36. The summed E-state index contributed by atoms with van der Waals surface area (Å²) >= 11 is 3.58. The zero-order chi connectivity index (χ0) is 12.8. The van der Waals surface area contributed by atoms with Gasteiger partial charge < -0.3 is 10.1 Å². The van der Waals surface area contributed by atoms with E-state index in [1.165, 1.54) is 18.4 Å². The number of nitrogens with one attached hydrogen (secondary N) is 1. The zero-order valence-electron chi connectivity index (χ0n) is 10.6. The minimum Gasteiger partial charge on any atom is -0.493 e. The highest BCUT2D eigenvalue weighted by Crippen LogP contribution is 2.25. The fraction of sp³-hybridized carbons (Fsp3) is 0.467. The van der Waals surface area contributed by atoms with Gasteiger partial charge in [0.25, 0.3) is 0 Å². The SMILES string of the molecule is CC#CCCOc1ccc(Br)c(CNC2CC2)c1. The van der Waals surface area contributed by atoms with Crippen molar-refractivity contribution < 1.29 is 4.74 Å². The lowest BCUT2D eigenvalue weighted by Gasteiger charge is -2.09. The second-order valence-electron chi connectivity index (χ2n) is 4.43. The molecule has 2 nitrogen and oxygen atoms in total. The first-order valence-corrected chi connectivity index (χ1v) is 7.13. The average molecular weight is 308 g/mol. The molecule has 0 heterocycles. The Morgan fingerprint density at radius 3 is 3.00 bits per heavy atom. The van der Waals surface area contributed by atoms with Crippen LogP contribution in [0.5, 0.6) is 5.75 Å². The van der Waals surface area contributed by atoms with Crippen molar-refractivity contribution in [2.45, 2.75) is 38.8 Å². The van der Waals surface area contributed by atoms with Crippen LogP contribution in [0.3, 0.4) is 0 Å². The van der Waals surface area contributed by atoms with Gasteiger partial charge in [0, 0.05) is 23.5 Å². The van der Waals surface area contributed by atoms with E-state index in [0.29, 0.717) is 6.61 Å². The molecule has 1 N–H and O–H groups in total. The molecule has 0 amide bonds. The van der Waals surface area contributed by atoms with Crippen LogP contribution in [-0.4, -0.2) is 12.6 Å². The van der Waals surface area contributed by atoms with Gasteiger partial charge in [0.2, 0.25) is 0 Å². The summed E-state index contributed by atoms with van der Waals surface area (Å²) in [5.41, 5.74) is 1.25. The number of rotatable bonds is 6. The quantitative estimate of drug-likeness (QED) is 0.641. The van der Waals surface area contributed by atoms with Gasteiger partial charge in [-0.2, -0.15) is 0 Å². The summed E-state index contributed by atoms with van der Waals surface area (Å²) in [5, 5.41) is 3.51. The Hall–Kier alpha value is -0.980. The number of benzene rings is 1. The van der Waals surface area contributed by atoms with E-state index in [2.05, 4.69) is 39.2 Å². The molecule has 1 aromatic carbocycles. The predicted octanol–water partition coefficient (Wildman–Crippen LogP) is 3.49. The molecule has 18 heavy (non-hydrogen) atoms. The van der Waals surface area contributed by atoms with Gasteiger partial charge in [-0.25, -0.2) is 0 Å². The molecule has 1 saturated carbocycles. The molecule has 0 radical (unpaired) electrons. The van der Waals surface area contributed by atoms with Crippen molar-refractivity contribution in [3.63, 3.8) is 0 Å². The first-order chi connectivity index (χ1) is 8.79. The number of ether oxygens (including phenoxy) is 1. The molecule has 0 bridgehead atoms. The van der Waals surface area contributed by atoms with Crippen molar-refractivity contribution in [3.8, 4) is 17.6 Å². The van der Waals surface area contributed by atoms with Crippen LogP contribution in [0.2, 0.25) is 0 Å². The molecule has 0 spiro atoms. The Bertz CT molecular complexity index is 457. The maximum Gasteiger partial charge on any atom is 0.119 e. The average Bonchev–Trinajstić information content (AvgIpc) is 3.19. The third-order valence-electron chi connectivity index (χ3n) is 2.85.